The summed E-state index contributed by atoms with van der Waals surface area (Å²) in [6.07, 6.45) is 0.903. The van der Waals surface area contributed by atoms with Crippen LogP contribution in [0.25, 0.3) is 0 Å². The van der Waals surface area contributed by atoms with Crippen LogP contribution in [0.4, 0.5) is 0 Å². The largest absolute Gasteiger partial charge is 0.360 e. The molecule has 0 saturated heterocycles. The van der Waals surface area contributed by atoms with Crippen molar-refractivity contribution in [1.82, 2.24) is 15.8 Å². The summed E-state index contributed by atoms with van der Waals surface area (Å²) in [4.78, 5) is 11.6. The van der Waals surface area contributed by atoms with Gasteiger partial charge < -0.3 is 15.2 Å². The third-order valence-electron chi connectivity index (χ3n) is 2.62. The highest BCUT2D eigenvalue weighted by molar-refractivity contribution is 5.78. The smallest absolute Gasteiger partial charge is 0.234 e. The second-order valence-corrected chi connectivity index (χ2v) is 4.82. The minimum Gasteiger partial charge on any atom is -0.360 e. The van der Waals surface area contributed by atoms with Crippen molar-refractivity contribution < 1.29 is 9.32 Å². The van der Waals surface area contributed by atoms with Crippen LogP contribution < -0.4 is 10.6 Å². The fraction of sp³-hybridized carbons (Fsp3) is 0.667. The average Bonchev–Trinajstić information content (AvgIpc) is 2.63. The minimum absolute atomic E-state index is 0.00640. The predicted octanol–water partition coefficient (Wildman–Crippen LogP) is 1.38. The van der Waals surface area contributed by atoms with Crippen LogP contribution in [0.2, 0.25) is 0 Å². The molecule has 0 aliphatic heterocycles. The van der Waals surface area contributed by atoms with Crippen LogP contribution in [-0.2, 0) is 11.3 Å². The van der Waals surface area contributed by atoms with Gasteiger partial charge in [0, 0.05) is 11.6 Å². The number of amides is 1. The van der Waals surface area contributed by atoms with Gasteiger partial charge in [0.15, 0.2) is 5.76 Å². The summed E-state index contributed by atoms with van der Waals surface area (Å²) in [7, 11) is 0. The molecule has 96 valence electrons. The van der Waals surface area contributed by atoms with Gasteiger partial charge in [0.25, 0.3) is 0 Å². The normalized spacial score (nSPS) is 11.5. The molecule has 0 unspecified atom stereocenters. The Balaban J connectivity index is 2.25. The Morgan fingerprint density at radius 3 is 2.76 bits per heavy atom. The molecule has 0 atom stereocenters. The first-order chi connectivity index (χ1) is 7.93. The molecule has 0 radical (unpaired) electrons. The molecule has 1 heterocycles. The summed E-state index contributed by atoms with van der Waals surface area (Å²) in [6, 6.07) is 1.85. The van der Waals surface area contributed by atoms with E-state index >= 15 is 0 Å². The molecule has 2 N–H and O–H groups in total. The quantitative estimate of drug-likeness (QED) is 0.787. The highest BCUT2D eigenvalue weighted by Crippen LogP contribution is 2.06. The molecule has 5 heteroatoms. The zero-order valence-corrected chi connectivity index (χ0v) is 11.0. The third kappa shape index (κ3) is 4.99. The predicted molar refractivity (Wildman–Crippen MR) is 65.5 cm³/mol. The Morgan fingerprint density at radius 2 is 2.24 bits per heavy atom. The number of aromatic nitrogens is 1. The maximum absolute atomic E-state index is 11.6. The molecule has 0 saturated carbocycles. The molecule has 0 spiro atoms. The Morgan fingerprint density at radius 1 is 1.53 bits per heavy atom. The van der Waals surface area contributed by atoms with Crippen molar-refractivity contribution in [2.45, 2.75) is 46.2 Å². The fourth-order valence-corrected chi connectivity index (χ4v) is 1.31. The second kappa shape index (κ2) is 5.82. The first-order valence-electron chi connectivity index (χ1n) is 5.87. The van der Waals surface area contributed by atoms with E-state index in [0.29, 0.717) is 6.54 Å². The monoisotopic (exact) mass is 239 g/mol. The summed E-state index contributed by atoms with van der Waals surface area (Å²) in [5.41, 5.74) is 0.695. The van der Waals surface area contributed by atoms with Gasteiger partial charge in [-0.2, -0.15) is 0 Å². The Labute approximate surface area is 102 Å². The lowest BCUT2D eigenvalue weighted by Crippen LogP contribution is -2.46. The second-order valence-electron chi connectivity index (χ2n) is 4.82. The standard InChI is InChI=1S/C12H21N3O2/c1-5-12(3,4)14-11(16)8-13-7-10-6-9(2)15-17-10/h6,13H,5,7-8H2,1-4H3,(H,14,16). The minimum atomic E-state index is -0.151. The number of carbonyl (C=O) groups is 1. The van der Waals surface area contributed by atoms with E-state index in [0.717, 1.165) is 17.9 Å². The van der Waals surface area contributed by atoms with E-state index < -0.39 is 0 Å². The first kappa shape index (κ1) is 13.7. The van der Waals surface area contributed by atoms with Crippen molar-refractivity contribution >= 4 is 5.91 Å². The summed E-state index contributed by atoms with van der Waals surface area (Å²) in [5.74, 6) is 0.734. The topological polar surface area (TPSA) is 67.2 Å². The number of carbonyl (C=O) groups excluding carboxylic acids is 1. The summed E-state index contributed by atoms with van der Waals surface area (Å²) >= 11 is 0. The number of hydrogen-bond acceptors (Lipinski definition) is 4. The third-order valence-corrected chi connectivity index (χ3v) is 2.62. The summed E-state index contributed by atoms with van der Waals surface area (Å²) in [6.45, 7) is 8.72. The van der Waals surface area contributed by atoms with Gasteiger partial charge in [0.1, 0.15) is 0 Å². The van der Waals surface area contributed by atoms with Gasteiger partial charge in [-0.3, -0.25) is 4.79 Å². The number of aryl methyl sites for hydroxylation is 1. The van der Waals surface area contributed by atoms with Crippen molar-refractivity contribution in [2.75, 3.05) is 6.54 Å². The van der Waals surface area contributed by atoms with E-state index in [9.17, 15) is 4.79 Å². The van der Waals surface area contributed by atoms with Crippen LogP contribution in [0.5, 0.6) is 0 Å². The molecule has 17 heavy (non-hydrogen) atoms. The van der Waals surface area contributed by atoms with Crippen molar-refractivity contribution in [2.24, 2.45) is 0 Å². The highest BCUT2D eigenvalue weighted by Gasteiger charge is 2.17. The lowest BCUT2D eigenvalue weighted by Gasteiger charge is -2.24. The summed E-state index contributed by atoms with van der Waals surface area (Å²) < 4.78 is 5.02. The zero-order chi connectivity index (χ0) is 12.9. The molecular formula is C12H21N3O2. The molecule has 0 bridgehead atoms. The van der Waals surface area contributed by atoms with E-state index in [-0.39, 0.29) is 18.0 Å². The van der Waals surface area contributed by atoms with Crippen LogP contribution >= 0.6 is 0 Å². The van der Waals surface area contributed by atoms with Crippen molar-refractivity contribution in [3.05, 3.63) is 17.5 Å². The molecule has 0 aromatic carbocycles. The van der Waals surface area contributed by atoms with E-state index in [1.54, 1.807) is 0 Å². The van der Waals surface area contributed by atoms with E-state index in [4.69, 9.17) is 4.52 Å². The van der Waals surface area contributed by atoms with Crippen LogP contribution in [0.3, 0.4) is 0 Å². The lowest BCUT2D eigenvalue weighted by atomic mass is 10.0. The molecule has 0 aliphatic carbocycles. The van der Waals surface area contributed by atoms with Crippen LogP contribution in [0, 0.1) is 6.92 Å². The molecule has 1 aromatic rings. The van der Waals surface area contributed by atoms with Gasteiger partial charge in [0.05, 0.1) is 18.8 Å². The SMILES string of the molecule is CCC(C)(C)NC(=O)CNCc1cc(C)no1. The van der Waals surface area contributed by atoms with Gasteiger partial charge >= 0.3 is 0 Å². The number of nitrogens with zero attached hydrogens (tertiary/aromatic N) is 1. The maximum atomic E-state index is 11.6. The Hall–Kier alpha value is -1.36. The van der Waals surface area contributed by atoms with E-state index in [1.807, 2.05) is 33.8 Å². The van der Waals surface area contributed by atoms with Gasteiger partial charge in [0.2, 0.25) is 5.91 Å². The van der Waals surface area contributed by atoms with Crippen LogP contribution in [-0.4, -0.2) is 23.1 Å². The molecular weight excluding hydrogens is 218 g/mol. The molecule has 1 amide bonds. The average molecular weight is 239 g/mol. The molecule has 0 aliphatic rings. The van der Waals surface area contributed by atoms with Crippen LogP contribution in [0.15, 0.2) is 10.6 Å². The maximum Gasteiger partial charge on any atom is 0.234 e. The van der Waals surface area contributed by atoms with Crippen molar-refractivity contribution in [3.8, 4) is 0 Å². The molecule has 1 rings (SSSR count). The Bertz CT molecular complexity index is 372. The van der Waals surface area contributed by atoms with Gasteiger partial charge in [-0.25, -0.2) is 0 Å². The van der Waals surface area contributed by atoms with E-state index in [1.165, 1.54) is 0 Å². The fourth-order valence-electron chi connectivity index (χ4n) is 1.31. The molecule has 5 nitrogen and oxygen atoms in total. The van der Waals surface area contributed by atoms with Crippen molar-refractivity contribution in [3.63, 3.8) is 0 Å². The van der Waals surface area contributed by atoms with Crippen molar-refractivity contribution in [1.29, 1.82) is 0 Å². The van der Waals surface area contributed by atoms with Crippen LogP contribution in [0.1, 0.15) is 38.6 Å². The number of rotatable bonds is 6. The molecule has 1 aromatic heterocycles. The van der Waals surface area contributed by atoms with Gasteiger partial charge in [-0.15, -0.1) is 0 Å². The highest BCUT2D eigenvalue weighted by atomic mass is 16.5. The summed E-state index contributed by atoms with van der Waals surface area (Å²) in [5, 5.41) is 9.74. The first-order valence-corrected chi connectivity index (χ1v) is 5.87. The zero-order valence-electron chi connectivity index (χ0n) is 11.0. The van der Waals surface area contributed by atoms with Gasteiger partial charge in [-0.1, -0.05) is 12.1 Å². The number of nitrogens with one attached hydrogen (secondary N) is 2. The van der Waals surface area contributed by atoms with Gasteiger partial charge in [-0.05, 0) is 27.2 Å². The number of hydrogen-bond donors (Lipinski definition) is 2. The molecule has 0 fully saturated rings. The lowest BCUT2D eigenvalue weighted by molar-refractivity contribution is -0.121. The van der Waals surface area contributed by atoms with E-state index in [2.05, 4.69) is 15.8 Å². The Kier molecular flexibility index (Phi) is 4.69.